The summed E-state index contributed by atoms with van der Waals surface area (Å²) >= 11 is 0. The van der Waals surface area contributed by atoms with Crippen LogP contribution in [0, 0.1) is 0 Å². The molecule has 0 aliphatic carbocycles. The molecule has 4 heteroatoms. The highest BCUT2D eigenvalue weighted by atomic mass is 15.3. The van der Waals surface area contributed by atoms with Gasteiger partial charge in [0.2, 0.25) is 5.96 Å². The van der Waals surface area contributed by atoms with Crippen LogP contribution in [0.3, 0.4) is 0 Å². The van der Waals surface area contributed by atoms with Crippen molar-refractivity contribution in [3.8, 4) is 0 Å². The third kappa shape index (κ3) is 8.53. The van der Waals surface area contributed by atoms with Gasteiger partial charge in [0.1, 0.15) is 0 Å². The van der Waals surface area contributed by atoms with E-state index in [1.54, 1.807) is 0 Å². The average molecular weight is 228 g/mol. The molecule has 0 saturated carbocycles. The molecule has 1 atom stereocenters. The first kappa shape index (κ1) is 15.2. The number of nitrogens with two attached hydrogens (primary N) is 1. The summed E-state index contributed by atoms with van der Waals surface area (Å²) in [5, 5.41) is 3.30. The highest BCUT2D eigenvalue weighted by Crippen LogP contribution is 2.02. The maximum absolute atomic E-state index is 5.41. The topological polar surface area (TPSA) is 62.4 Å². The van der Waals surface area contributed by atoms with Crippen LogP contribution in [0.5, 0.6) is 0 Å². The van der Waals surface area contributed by atoms with Crippen molar-refractivity contribution in [3.63, 3.8) is 0 Å². The molecule has 0 rings (SSSR count). The van der Waals surface area contributed by atoms with Crippen LogP contribution in [0.4, 0.5) is 0 Å². The molecule has 0 spiro atoms. The number of unbranched alkanes of at least 4 members (excludes halogenated alkanes) is 3. The zero-order valence-electron chi connectivity index (χ0n) is 11.1. The van der Waals surface area contributed by atoms with Crippen molar-refractivity contribution in [1.29, 1.82) is 0 Å². The lowest BCUT2D eigenvalue weighted by atomic mass is 10.1. The third-order valence-corrected chi connectivity index (χ3v) is 2.54. The largest absolute Gasteiger partial charge is 0.353 e. The molecule has 1 unspecified atom stereocenters. The standard InChI is InChI=1S/C12H28N4/c1-4-6-8-9-11(3)15-12(16-13)14-10-7-5-2/h11H,4-10,13H2,1-3H3,(H2,14,15,16). The molecule has 0 heterocycles. The Bertz CT molecular complexity index is 180. The summed E-state index contributed by atoms with van der Waals surface area (Å²) in [4.78, 5) is 4.37. The first-order chi connectivity index (χ1) is 7.74. The number of nitrogens with zero attached hydrogens (tertiary/aromatic N) is 1. The second-order valence-corrected chi connectivity index (χ2v) is 4.27. The molecular formula is C12H28N4. The average Bonchev–Trinajstić information content (AvgIpc) is 2.28. The summed E-state index contributed by atoms with van der Waals surface area (Å²) in [6, 6.07) is 0.433. The molecule has 0 radical (unpaired) electrons. The van der Waals surface area contributed by atoms with Crippen molar-refractivity contribution >= 4 is 5.96 Å². The molecule has 0 aliphatic rings. The van der Waals surface area contributed by atoms with Crippen molar-refractivity contribution in [2.45, 2.75) is 65.3 Å². The van der Waals surface area contributed by atoms with Gasteiger partial charge in [0.05, 0.1) is 0 Å². The van der Waals surface area contributed by atoms with Gasteiger partial charge in [0.15, 0.2) is 0 Å². The highest BCUT2D eigenvalue weighted by Gasteiger charge is 2.03. The molecule has 0 amide bonds. The molecule has 0 bridgehead atoms. The molecule has 96 valence electrons. The molecule has 0 saturated heterocycles. The van der Waals surface area contributed by atoms with Gasteiger partial charge in [-0.05, 0) is 19.8 Å². The number of rotatable bonds is 8. The Hall–Kier alpha value is -0.770. The lowest BCUT2D eigenvalue weighted by Crippen LogP contribution is -2.45. The van der Waals surface area contributed by atoms with Crippen LogP contribution in [0.15, 0.2) is 4.99 Å². The van der Waals surface area contributed by atoms with Crippen molar-refractivity contribution in [2.75, 3.05) is 6.54 Å². The van der Waals surface area contributed by atoms with Crippen LogP contribution in [-0.2, 0) is 0 Å². The lowest BCUT2D eigenvalue weighted by Gasteiger charge is -2.16. The van der Waals surface area contributed by atoms with Crippen LogP contribution >= 0.6 is 0 Å². The lowest BCUT2D eigenvalue weighted by molar-refractivity contribution is 0.546. The highest BCUT2D eigenvalue weighted by molar-refractivity contribution is 5.79. The maximum Gasteiger partial charge on any atom is 0.205 e. The third-order valence-electron chi connectivity index (χ3n) is 2.54. The van der Waals surface area contributed by atoms with Gasteiger partial charge in [-0.15, -0.1) is 0 Å². The quantitative estimate of drug-likeness (QED) is 0.196. The number of hydrazine groups is 1. The molecule has 0 aliphatic heterocycles. The zero-order valence-corrected chi connectivity index (χ0v) is 11.1. The molecule has 4 nitrogen and oxygen atoms in total. The summed E-state index contributed by atoms with van der Waals surface area (Å²) in [5.74, 6) is 6.13. The van der Waals surface area contributed by atoms with Gasteiger partial charge < -0.3 is 5.32 Å². The summed E-state index contributed by atoms with van der Waals surface area (Å²) in [6.07, 6.45) is 7.26. The van der Waals surface area contributed by atoms with Gasteiger partial charge in [-0.3, -0.25) is 10.4 Å². The van der Waals surface area contributed by atoms with E-state index in [4.69, 9.17) is 5.84 Å². The number of hydrogen-bond donors (Lipinski definition) is 3. The van der Waals surface area contributed by atoms with Crippen molar-refractivity contribution in [1.82, 2.24) is 10.7 Å². The number of nitrogens with one attached hydrogen (secondary N) is 2. The summed E-state index contributed by atoms with van der Waals surface area (Å²) in [7, 11) is 0. The second kappa shape index (κ2) is 10.7. The fraction of sp³-hybridized carbons (Fsp3) is 0.917. The van der Waals surface area contributed by atoms with Gasteiger partial charge >= 0.3 is 0 Å². The fourth-order valence-corrected chi connectivity index (χ4v) is 1.49. The molecule has 0 aromatic carbocycles. The normalized spacial score (nSPS) is 13.6. The van der Waals surface area contributed by atoms with E-state index in [9.17, 15) is 0 Å². The van der Waals surface area contributed by atoms with Crippen LogP contribution in [-0.4, -0.2) is 18.5 Å². The number of aliphatic imine (C=N–C) groups is 1. The van der Waals surface area contributed by atoms with Crippen LogP contribution in [0.25, 0.3) is 0 Å². The second-order valence-electron chi connectivity index (χ2n) is 4.27. The Labute approximate surface area is 100 Å². The van der Waals surface area contributed by atoms with Gasteiger partial charge in [-0.25, -0.2) is 5.84 Å². The van der Waals surface area contributed by atoms with E-state index >= 15 is 0 Å². The van der Waals surface area contributed by atoms with Crippen LogP contribution in [0.2, 0.25) is 0 Å². The van der Waals surface area contributed by atoms with E-state index < -0.39 is 0 Å². The van der Waals surface area contributed by atoms with Crippen molar-refractivity contribution in [2.24, 2.45) is 10.8 Å². The summed E-state index contributed by atoms with van der Waals surface area (Å²) < 4.78 is 0. The van der Waals surface area contributed by atoms with E-state index in [1.165, 1.54) is 25.7 Å². The minimum Gasteiger partial charge on any atom is -0.353 e. The number of hydrogen-bond acceptors (Lipinski definition) is 2. The molecule has 4 N–H and O–H groups in total. The molecule has 0 aromatic rings. The van der Waals surface area contributed by atoms with E-state index in [-0.39, 0.29) is 0 Å². The van der Waals surface area contributed by atoms with Crippen molar-refractivity contribution in [3.05, 3.63) is 0 Å². The molecule has 16 heavy (non-hydrogen) atoms. The fourth-order valence-electron chi connectivity index (χ4n) is 1.49. The first-order valence-electron chi connectivity index (χ1n) is 6.52. The smallest absolute Gasteiger partial charge is 0.205 e. The monoisotopic (exact) mass is 228 g/mol. The van der Waals surface area contributed by atoms with Gasteiger partial charge in [-0.2, -0.15) is 0 Å². The van der Waals surface area contributed by atoms with Gasteiger partial charge in [0, 0.05) is 12.6 Å². The number of guanidine groups is 1. The predicted molar refractivity (Wildman–Crippen MR) is 71.3 cm³/mol. The Morgan fingerprint density at radius 3 is 2.44 bits per heavy atom. The summed E-state index contributed by atoms with van der Waals surface area (Å²) in [5.41, 5.74) is 2.62. The minimum absolute atomic E-state index is 0.433. The molecule has 0 aromatic heterocycles. The molecular weight excluding hydrogens is 200 g/mol. The van der Waals surface area contributed by atoms with Gasteiger partial charge in [0.25, 0.3) is 0 Å². The Morgan fingerprint density at radius 1 is 1.19 bits per heavy atom. The Kier molecular flexibility index (Phi) is 10.2. The van der Waals surface area contributed by atoms with Gasteiger partial charge in [-0.1, -0.05) is 39.5 Å². The van der Waals surface area contributed by atoms with E-state index in [1.807, 2.05) is 0 Å². The van der Waals surface area contributed by atoms with E-state index in [0.29, 0.717) is 6.04 Å². The summed E-state index contributed by atoms with van der Waals surface area (Å²) in [6.45, 7) is 7.39. The van der Waals surface area contributed by atoms with E-state index in [2.05, 4.69) is 36.5 Å². The SMILES string of the molecule is CCCCCC(C)NC(=NCCCC)NN. The molecule has 0 fully saturated rings. The minimum atomic E-state index is 0.433. The predicted octanol–water partition coefficient (Wildman–Crippen LogP) is 2.16. The maximum atomic E-state index is 5.41. The van der Waals surface area contributed by atoms with Crippen molar-refractivity contribution < 1.29 is 0 Å². The first-order valence-corrected chi connectivity index (χ1v) is 6.52. The van der Waals surface area contributed by atoms with E-state index in [0.717, 1.165) is 25.3 Å². The zero-order chi connectivity index (χ0) is 12.2. The van der Waals surface area contributed by atoms with Crippen LogP contribution in [0.1, 0.15) is 59.3 Å². The Balaban J connectivity index is 3.77. The van der Waals surface area contributed by atoms with Crippen LogP contribution < -0.4 is 16.6 Å². The Morgan fingerprint density at radius 2 is 1.88 bits per heavy atom.